The van der Waals surface area contributed by atoms with E-state index in [1.807, 2.05) is 19.1 Å². The summed E-state index contributed by atoms with van der Waals surface area (Å²) in [6, 6.07) is 11.4. The van der Waals surface area contributed by atoms with Crippen molar-refractivity contribution in [2.24, 2.45) is 5.73 Å². The number of nitrogens with two attached hydrogens (primary N) is 1. The molecule has 0 aliphatic heterocycles. The Morgan fingerprint density at radius 1 is 1.10 bits per heavy atom. The summed E-state index contributed by atoms with van der Waals surface area (Å²) in [5.74, 6) is 0.0890. The zero-order valence-electron chi connectivity index (χ0n) is 10.8. The van der Waals surface area contributed by atoms with Gasteiger partial charge in [-0.05, 0) is 41.8 Å². The quantitative estimate of drug-likeness (QED) is 0.913. The summed E-state index contributed by atoms with van der Waals surface area (Å²) in [5, 5.41) is 0.623. The molecule has 0 aromatic heterocycles. The smallest absolute Gasteiger partial charge is 0.387 e. The molecule has 0 radical (unpaired) electrons. The van der Waals surface area contributed by atoms with Gasteiger partial charge in [0.05, 0.1) is 6.04 Å². The number of alkyl halides is 2. The second kappa shape index (κ2) is 6.20. The van der Waals surface area contributed by atoms with Crippen LogP contribution < -0.4 is 10.5 Å². The first kappa shape index (κ1) is 14.8. The van der Waals surface area contributed by atoms with Gasteiger partial charge in [-0.15, -0.1) is 0 Å². The van der Waals surface area contributed by atoms with E-state index in [2.05, 4.69) is 4.74 Å². The van der Waals surface area contributed by atoms with E-state index in [0.29, 0.717) is 10.6 Å². The SMILES string of the molecule is Cc1ccc(C(N)c2cccc(OC(F)F)c2)cc1Cl. The lowest BCUT2D eigenvalue weighted by Gasteiger charge is -2.15. The van der Waals surface area contributed by atoms with Gasteiger partial charge in [0.15, 0.2) is 0 Å². The van der Waals surface area contributed by atoms with Crippen LogP contribution in [-0.4, -0.2) is 6.61 Å². The van der Waals surface area contributed by atoms with Crippen LogP contribution in [0.4, 0.5) is 8.78 Å². The summed E-state index contributed by atoms with van der Waals surface area (Å²) >= 11 is 6.07. The molecule has 0 heterocycles. The molecule has 0 saturated carbocycles. The molecule has 20 heavy (non-hydrogen) atoms. The highest BCUT2D eigenvalue weighted by molar-refractivity contribution is 6.31. The first-order valence-corrected chi connectivity index (χ1v) is 6.41. The van der Waals surface area contributed by atoms with Gasteiger partial charge in [-0.3, -0.25) is 0 Å². The summed E-state index contributed by atoms with van der Waals surface area (Å²) in [6.07, 6.45) is 0. The van der Waals surface area contributed by atoms with Crippen molar-refractivity contribution in [1.29, 1.82) is 0 Å². The van der Waals surface area contributed by atoms with Crippen molar-refractivity contribution in [1.82, 2.24) is 0 Å². The summed E-state index contributed by atoms with van der Waals surface area (Å²) in [4.78, 5) is 0. The van der Waals surface area contributed by atoms with Crippen LogP contribution in [0.1, 0.15) is 22.7 Å². The molecule has 0 saturated heterocycles. The Labute approximate surface area is 121 Å². The molecule has 0 bridgehead atoms. The molecule has 2 aromatic rings. The Morgan fingerprint density at radius 2 is 1.80 bits per heavy atom. The topological polar surface area (TPSA) is 35.2 Å². The van der Waals surface area contributed by atoms with Crippen molar-refractivity contribution in [3.63, 3.8) is 0 Å². The number of hydrogen-bond acceptors (Lipinski definition) is 2. The number of hydrogen-bond donors (Lipinski definition) is 1. The van der Waals surface area contributed by atoms with Crippen LogP contribution in [0, 0.1) is 6.92 Å². The fraction of sp³-hybridized carbons (Fsp3) is 0.200. The van der Waals surface area contributed by atoms with Gasteiger partial charge in [-0.1, -0.05) is 35.9 Å². The predicted octanol–water partition coefficient (Wildman–Crippen LogP) is 4.30. The Balaban J connectivity index is 2.28. The highest BCUT2D eigenvalue weighted by Gasteiger charge is 2.12. The van der Waals surface area contributed by atoms with Gasteiger partial charge in [0.2, 0.25) is 0 Å². The molecule has 2 nitrogen and oxygen atoms in total. The van der Waals surface area contributed by atoms with Gasteiger partial charge >= 0.3 is 6.61 Å². The minimum absolute atomic E-state index is 0.0890. The van der Waals surface area contributed by atoms with Crippen LogP contribution in [0.15, 0.2) is 42.5 Å². The van der Waals surface area contributed by atoms with E-state index in [9.17, 15) is 8.78 Å². The van der Waals surface area contributed by atoms with E-state index in [4.69, 9.17) is 17.3 Å². The maximum Gasteiger partial charge on any atom is 0.387 e. The molecule has 1 unspecified atom stereocenters. The average Bonchev–Trinajstić information content (AvgIpc) is 2.40. The molecule has 2 aromatic carbocycles. The highest BCUT2D eigenvalue weighted by atomic mass is 35.5. The minimum Gasteiger partial charge on any atom is -0.435 e. The molecule has 0 spiro atoms. The van der Waals surface area contributed by atoms with Gasteiger partial charge < -0.3 is 10.5 Å². The Hall–Kier alpha value is -1.65. The molecule has 1 atom stereocenters. The van der Waals surface area contributed by atoms with Crippen molar-refractivity contribution >= 4 is 11.6 Å². The molecule has 0 fully saturated rings. The van der Waals surface area contributed by atoms with E-state index in [-0.39, 0.29) is 5.75 Å². The molecular weight excluding hydrogens is 284 g/mol. The number of ether oxygens (including phenoxy) is 1. The van der Waals surface area contributed by atoms with Crippen LogP contribution in [0.5, 0.6) is 5.75 Å². The molecule has 0 aliphatic rings. The van der Waals surface area contributed by atoms with E-state index >= 15 is 0 Å². The highest BCUT2D eigenvalue weighted by Crippen LogP contribution is 2.27. The van der Waals surface area contributed by atoms with Crippen molar-refractivity contribution in [3.05, 3.63) is 64.2 Å². The van der Waals surface area contributed by atoms with Crippen LogP contribution in [0.25, 0.3) is 0 Å². The average molecular weight is 298 g/mol. The molecule has 0 aliphatic carbocycles. The van der Waals surface area contributed by atoms with E-state index in [1.165, 1.54) is 12.1 Å². The summed E-state index contributed by atoms with van der Waals surface area (Å²) in [7, 11) is 0. The molecule has 0 amide bonds. The number of halogens is 3. The summed E-state index contributed by atoms with van der Waals surface area (Å²) in [6.45, 7) is -0.954. The molecule has 2 N–H and O–H groups in total. The lowest BCUT2D eigenvalue weighted by atomic mass is 9.98. The first-order valence-electron chi connectivity index (χ1n) is 6.04. The van der Waals surface area contributed by atoms with Crippen molar-refractivity contribution in [3.8, 4) is 5.75 Å². The number of benzene rings is 2. The lowest BCUT2D eigenvalue weighted by molar-refractivity contribution is -0.0498. The zero-order chi connectivity index (χ0) is 14.7. The van der Waals surface area contributed by atoms with E-state index in [1.54, 1.807) is 18.2 Å². The number of rotatable bonds is 4. The van der Waals surface area contributed by atoms with Gasteiger partial charge in [-0.25, -0.2) is 0 Å². The van der Waals surface area contributed by atoms with Gasteiger partial charge in [0.1, 0.15) is 5.75 Å². The molecular formula is C15H14ClF2NO. The second-order valence-electron chi connectivity index (χ2n) is 4.44. The fourth-order valence-corrected chi connectivity index (χ4v) is 2.07. The monoisotopic (exact) mass is 297 g/mol. The van der Waals surface area contributed by atoms with Crippen molar-refractivity contribution in [2.45, 2.75) is 19.6 Å². The molecule has 5 heteroatoms. The Bertz CT molecular complexity index is 604. The van der Waals surface area contributed by atoms with Crippen LogP contribution in [-0.2, 0) is 0 Å². The third-order valence-corrected chi connectivity index (χ3v) is 3.40. The second-order valence-corrected chi connectivity index (χ2v) is 4.84. The van der Waals surface area contributed by atoms with Gasteiger partial charge in [0, 0.05) is 5.02 Å². The van der Waals surface area contributed by atoms with Crippen molar-refractivity contribution < 1.29 is 13.5 Å². The summed E-state index contributed by atoms with van der Waals surface area (Å²) in [5.41, 5.74) is 8.59. The van der Waals surface area contributed by atoms with E-state index < -0.39 is 12.7 Å². The van der Waals surface area contributed by atoms with Crippen LogP contribution in [0.2, 0.25) is 5.02 Å². The first-order chi connectivity index (χ1) is 9.47. The Morgan fingerprint density at radius 3 is 2.45 bits per heavy atom. The Kier molecular flexibility index (Phi) is 4.57. The third-order valence-electron chi connectivity index (χ3n) is 3.00. The largest absolute Gasteiger partial charge is 0.435 e. The fourth-order valence-electron chi connectivity index (χ4n) is 1.88. The predicted molar refractivity (Wildman–Crippen MR) is 75.3 cm³/mol. The van der Waals surface area contributed by atoms with Gasteiger partial charge in [0.25, 0.3) is 0 Å². The van der Waals surface area contributed by atoms with Crippen LogP contribution >= 0.6 is 11.6 Å². The molecule has 106 valence electrons. The minimum atomic E-state index is -2.85. The van der Waals surface area contributed by atoms with Gasteiger partial charge in [-0.2, -0.15) is 8.78 Å². The third kappa shape index (κ3) is 3.46. The molecule has 2 rings (SSSR count). The maximum atomic E-state index is 12.2. The standard InChI is InChI=1S/C15H14ClF2NO/c1-9-5-6-11(8-13(9)16)14(19)10-3-2-4-12(7-10)20-15(17)18/h2-8,14-15H,19H2,1H3. The van der Waals surface area contributed by atoms with Crippen molar-refractivity contribution in [2.75, 3.05) is 0 Å². The number of aryl methyl sites for hydroxylation is 1. The van der Waals surface area contributed by atoms with E-state index in [0.717, 1.165) is 11.1 Å². The summed E-state index contributed by atoms with van der Waals surface area (Å²) < 4.78 is 28.8. The zero-order valence-corrected chi connectivity index (χ0v) is 11.6. The van der Waals surface area contributed by atoms with Crippen LogP contribution in [0.3, 0.4) is 0 Å². The maximum absolute atomic E-state index is 12.2. The normalized spacial score (nSPS) is 12.5. The lowest BCUT2D eigenvalue weighted by Crippen LogP contribution is -2.12.